The molecule has 4 aromatic carbocycles. The maximum absolute atomic E-state index is 13.5. The van der Waals surface area contributed by atoms with Crippen molar-refractivity contribution < 1.29 is 19.4 Å². The van der Waals surface area contributed by atoms with E-state index >= 15 is 0 Å². The van der Waals surface area contributed by atoms with Crippen LogP contribution in [0.15, 0.2) is 97.1 Å². The van der Waals surface area contributed by atoms with Crippen molar-refractivity contribution in [3.63, 3.8) is 0 Å². The Morgan fingerprint density at radius 2 is 1.56 bits per heavy atom. The Hall–Kier alpha value is -4.42. The van der Waals surface area contributed by atoms with Crippen LogP contribution in [-0.2, 0) is 0 Å². The molecule has 0 fully saturated rings. The van der Waals surface area contributed by atoms with Gasteiger partial charge in [-0.25, -0.2) is 0 Å². The van der Waals surface area contributed by atoms with Crippen molar-refractivity contribution in [3.05, 3.63) is 114 Å². The number of aliphatic hydroxyl groups excluding tert-OH is 1. The second-order valence-corrected chi connectivity index (χ2v) is 8.27. The minimum atomic E-state index is -0.306. The summed E-state index contributed by atoms with van der Waals surface area (Å²) < 4.78 is 5.60. The Balaban J connectivity index is 1.65. The maximum Gasteiger partial charge on any atom is 0.260 e. The predicted molar refractivity (Wildman–Crippen MR) is 143 cm³/mol. The lowest BCUT2D eigenvalue weighted by Gasteiger charge is -2.22. The van der Waals surface area contributed by atoms with E-state index in [1.54, 1.807) is 49.5 Å². The van der Waals surface area contributed by atoms with E-state index in [0.717, 1.165) is 16.7 Å². The molecule has 0 saturated heterocycles. The summed E-state index contributed by atoms with van der Waals surface area (Å²) in [7, 11) is 1.65. The number of aryl methyl sites for hydroxylation is 1. The highest BCUT2D eigenvalue weighted by molar-refractivity contribution is 6.15. The number of hydrogen-bond acceptors (Lipinski definition) is 4. The van der Waals surface area contributed by atoms with Crippen LogP contribution in [0.4, 0.5) is 11.4 Å². The van der Waals surface area contributed by atoms with Crippen molar-refractivity contribution >= 4 is 23.2 Å². The van der Waals surface area contributed by atoms with Gasteiger partial charge in [0.05, 0.1) is 29.1 Å². The van der Waals surface area contributed by atoms with Crippen LogP contribution in [0.25, 0.3) is 11.1 Å². The minimum absolute atomic E-state index is 0.117. The molecular weight excluding hydrogens is 452 g/mol. The summed E-state index contributed by atoms with van der Waals surface area (Å²) in [4.78, 5) is 28.5. The van der Waals surface area contributed by atoms with Gasteiger partial charge in [0.1, 0.15) is 12.4 Å². The molecule has 0 aliphatic heterocycles. The van der Waals surface area contributed by atoms with Gasteiger partial charge in [0.25, 0.3) is 11.8 Å². The first kappa shape index (κ1) is 24.7. The van der Waals surface area contributed by atoms with Gasteiger partial charge in [0, 0.05) is 7.05 Å². The average molecular weight is 481 g/mol. The molecule has 4 rings (SSSR count). The number of carbonyl (C=O) groups excluding carboxylic acids is 2. The Labute approximate surface area is 210 Å². The van der Waals surface area contributed by atoms with Gasteiger partial charge < -0.3 is 20.1 Å². The average Bonchev–Trinajstić information content (AvgIpc) is 2.92. The number of amides is 2. The molecule has 2 N–H and O–H groups in total. The summed E-state index contributed by atoms with van der Waals surface area (Å²) in [5, 5.41) is 12.1. The quantitative estimate of drug-likeness (QED) is 0.346. The van der Waals surface area contributed by atoms with Crippen molar-refractivity contribution in [2.45, 2.75) is 6.92 Å². The number of nitrogens with one attached hydrogen (secondary N) is 1. The number of hydrogen-bond donors (Lipinski definition) is 2. The van der Waals surface area contributed by atoms with E-state index in [2.05, 4.69) is 5.32 Å². The minimum Gasteiger partial charge on any atom is -0.489 e. The van der Waals surface area contributed by atoms with Gasteiger partial charge in [-0.05, 0) is 47.9 Å². The predicted octanol–water partition coefficient (Wildman–Crippen LogP) is 5.56. The van der Waals surface area contributed by atoms with E-state index in [0.29, 0.717) is 28.3 Å². The van der Waals surface area contributed by atoms with E-state index in [1.807, 2.05) is 61.5 Å². The standard InChI is InChI=1S/C30H28N2O4/c1-21-11-10-15-23(22-12-4-3-5-13-22)28(21)29(34)31-25-16-7-6-14-24(25)30(35)32(2)26-17-8-9-18-27(26)36-20-19-33/h3-18,33H,19-20H2,1-2H3,(H,31,34). The number of benzene rings is 4. The number of ether oxygens (including phenoxy) is 1. The van der Waals surface area contributed by atoms with Crippen LogP contribution >= 0.6 is 0 Å². The highest BCUT2D eigenvalue weighted by atomic mass is 16.5. The molecule has 0 spiro atoms. The summed E-state index contributed by atoms with van der Waals surface area (Å²) in [6.07, 6.45) is 0. The largest absolute Gasteiger partial charge is 0.489 e. The first-order valence-corrected chi connectivity index (χ1v) is 11.7. The van der Waals surface area contributed by atoms with Crippen molar-refractivity contribution in [1.82, 2.24) is 0 Å². The molecule has 0 heterocycles. The van der Waals surface area contributed by atoms with E-state index in [4.69, 9.17) is 9.84 Å². The zero-order valence-electron chi connectivity index (χ0n) is 20.3. The molecule has 0 unspecified atom stereocenters. The summed E-state index contributed by atoms with van der Waals surface area (Å²) in [6, 6.07) is 29.5. The van der Waals surface area contributed by atoms with Gasteiger partial charge in [-0.15, -0.1) is 0 Å². The van der Waals surface area contributed by atoms with Gasteiger partial charge in [-0.2, -0.15) is 0 Å². The summed E-state index contributed by atoms with van der Waals surface area (Å²) >= 11 is 0. The molecule has 0 aliphatic carbocycles. The Morgan fingerprint density at radius 3 is 2.33 bits per heavy atom. The highest BCUT2D eigenvalue weighted by Crippen LogP contribution is 2.31. The zero-order valence-corrected chi connectivity index (χ0v) is 20.3. The molecule has 0 atom stereocenters. The summed E-state index contributed by atoms with van der Waals surface area (Å²) in [5.41, 5.74) is 4.48. The van der Waals surface area contributed by atoms with Crippen LogP contribution in [0.5, 0.6) is 5.75 Å². The zero-order chi connectivity index (χ0) is 25.5. The number of para-hydroxylation sites is 3. The summed E-state index contributed by atoms with van der Waals surface area (Å²) in [5.74, 6) is -0.114. The Kier molecular flexibility index (Phi) is 7.78. The van der Waals surface area contributed by atoms with Gasteiger partial charge in [0.2, 0.25) is 0 Å². The van der Waals surface area contributed by atoms with Gasteiger partial charge in [0.15, 0.2) is 0 Å². The van der Waals surface area contributed by atoms with E-state index < -0.39 is 0 Å². The topological polar surface area (TPSA) is 78.9 Å². The monoisotopic (exact) mass is 480 g/mol. The maximum atomic E-state index is 13.5. The highest BCUT2D eigenvalue weighted by Gasteiger charge is 2.22. The number of aliphatic hydroxyl groups is 1. The third-order valence-electron chi connectivity index (χ3n) is 5.87. The first-order chi connectivity index (χ1) is 17.5. The van der Waals surface area contributed by atoms with Crippen LogP contribution in [0, 0.1) is 6.92 Å². The first-order valence-electron chi connectivity index (χ1n) is 11.7. The molecule has 0 bridgehead atoms. The lowest BCUT2D eigenvalue weighted by molar-refractivity contribution is 0.0993. The second kappa shape index (κ2) is 11.3. The molecule has 36 heavy (non-hydrogen) atoms. The Bertz CT molecular complexity index is 1370. The van der Waals surface area contributed by atoms with Crippen LogP contribution in [0.2, 0.25) is 0 Å². The van der Waals surface area contributed by atoms with Crippen LogP contribution in [0.3, 0.4) is 0 Å². The fourth-order valence-corrected chi connectivity index (χ4v) is 4.09. The van der Waals surface area contributed by atoms with Crippen molar-refractivity contribution in [3.8, 4) is 16.9 Å². The molecule has 0 aliphatic rings. The van der Waals surface area contributed by atoms with Crippen LogP contribution in [0.1, 0.15) is 26.3 Å². The molecule has 6 heteroatoms. The molecule has 6 nitrogen and oxygen atoms in total. The fraction of sp³-hybridized carbons (Fsp3) is 0.133. The van der Waals surface area contributed by atoms with Gasteiger partial charge in [-0.1, -0.05) is 72.8 Å². The fourth-order valence-electron chi connectivity index (χ4n) is 4.09. The van der Waals surface area contributed by atoms with Gasteiger partial charge in [-0.3, -0.25) is 9.59 Å². The number of anilines is 2. The summed E-state index contributed by atoms with van der Waals surface area (Å²) in [6.45, 7) is 1.88. The van der Waals surface area contributed by atoms with E-state index in [1.165, 1.54) is 4.90 Å². The number of rotatable bonds is 8. The smallest absolute Gasteiger partial charge is 0.260 e. The number of carbonyl (C=O) groups is 2. The molecule has 4 aromatic rings. The molecule has 0 aromatic heterocycles. The van der Waals surface area contributed by atoms with Crippen molar-refractivity contribution in [1.29, 1.82) is 0 Å². The molecule has 182 valence electrons. The SMILES string of the molecule is Cc1cccc(-c2ccccc2)c1C(=O)Nc1ccccc1C(=O)N(C)c1ccccc1OCCO. The third kappa shape index (κ3) is 5.29. The molecule has 0 radical (unpaired) electrons. The number of nitrogens with zero attached hydrogens (tertiary/aromatic N) is 1. The lowest BCUT2D eigenvalue weighted by atomic mass is 9.95. The van der Waals surface area contributed by atoms with E-state index in [9.17, 15) is 9.59 Å². The molecular formula is C30H28N2O4. The van der Waals surface area contributed by atoms with Crippen LogP contribution in [-0.4, -0.2) is 37.2 Å². The van der Waals surface area contributed by atoms with Crippen molar-refractivity contribution in [2.75, 3.05) is 30.5 Å². The molecule has 2 amide bonds. The lowest BCUT2D eigenvalue weighted by Crippen LogP contribution is -2.28. The Morgan fingerprint density at radius 1 is 0.861 bits per heavy atom. The van der Waals surface area contributed by atoms with Gasteiger partial charge >= 0.3 is 0 Å². The van der Waals surface area contributed by atoms with E-state index in [-0.39, 0.29) is 25.0 Å². The second-order valence-electron chi connectivity index (χ2n) is 8.27. The molecule has 0 saturated carbocycles. The van der Waals surface area contributed by atoms with Crippen molar-refractivity contribution in [2.24, 2.45) is 0 Å². The van der Waals surface area contributed by atoms with Crippen LogP contribution < -0.4 is 15.0 Å². The third-order valence-corrected chi connectivity index (χ3v) is 5.87. The normalized spacial score (nSPS) is 10.5.